The highest BCUT2D eigenvalue weighted by Gasteiger charge is 2.53. The van der Waals surface area contributed by atoms with Crippen molar-refractivity contribution in [3.05, 3.63) is 11.8 Å². The summed E-state index contributed by atoms with van der Waals surface area (Å²) in [7, 11) is 0. The van der Waals surface area contributed by atoms with E-state index in [2.05, 4.69) is 0 Å². The molecule has 0 unspecified atom stereocenters. The summed E-state index contributed by atoms with van der Waals surface area (Å²) in [5.74, 6) is -1.90. The van der Waals surface area contributed by atoms with Gasteiger partial charge in [0.2, 0.25) is 5.91 Å². The number of hydrogen-bond donors (Lipinski definition) is 0. The van der Waals surface area contributed by atoms with E-state index in [-0.39, 0.29) is 24.8 Å². The number of ether oxygens (including phenoxy) is 3. The van der Waals surface area contributed by atoms with Gasteiger partial charge in [-0.25, -0.2) is 4.79 Å². The molecule has 1 fully saturated rings. The third-order valence-corrected chi connectivity index (χ3v) is 3.03. The second kappa shape index (κ2) is 5.48. The molecule has 2 atom stereocenters. The fourth-order valence-corrected chi connectivity index (χ4v) is 2.17. The quantitative estimate of drug-likeness (QED) is 0.560. The van der Waals surface area contributed by atoms with Crippen LogP contribution in [0.4, 0.5) is 0 Å². The molecule has 1 saturated heterocycles. The third-order valence-electron chi connectivity index (χ3n) is 3.03. The minimum atomic E-state index is -0.642. The normalized spacial score (nSPS) is 24.7. The lowest BCUT2D eigenvalue weighted by Crippen LogP contribution is -2.65. The van der Waals surface area contributed by atoms with E-state index >= 15 is 0 Å². The van der Waals surface area contributed by atoms with Crippen molar-refractivity contribution >= 4 is 17.8 Å². The summed E-state index contributed by atoms with van der Waals surface area (Å²) < 4.78 is 15.5. The number of esters is 2. The summed E-state index contributed by atoms with van der Waals surface area (Å²) in [5.41, 5.74) is -0.457. The van der Waals surface area contributed by atoms with Crippen LogP contribution in [0, 0.1) is 5.92 Å². The molecule has 0 aromatic carbocycles. The van der Waals surface area contributed by atoms with Crippen molar-refractivity contribution in [3.8, 4) is 0 Å². The molecule has 0 spiro atoms. The molecule has 116 valence electrons. The van der Waals surface area contributed by atoms with Gasteiger partial charge in [0.1, 0.15) is 23.8 Å². The highest BCUT2D eigenvalue weighted by atomic mass is 16.6. The van der Waals surface area contributed by atoms with Crippen molar-refractivity contribution in [1.29, 1.82) is 0 Å². The summed E-state index contributed by atoms with van der Waals surface area (Å²) >= 11 is 0. The maximum Gasteiger partial charge on any atom is 0.355 e. The molecule has 2 rings (SSSR count). The Morgan fingerprint density at radius 1 is 1.43 bits per heavy atom. The van der Waals surface area contributed by atoms with Crippen molar-refractivity contribution in [2.24, 2.45) is 5.92 Å². The highest BCUT2D eigenvalue weighted by molar-refractivity contribution is 5.98. The van der Waals surface area contributed by atoms with E-state index in [9.17, 15) is 14.4 Å². The zero-order valence-corrected chi connectivity index (χ0v) is 12.5. The Morgan fingerprint density at radius 2 is 2.10 bits per heavy atom. The van der Waals surface area contributed by atoms with Gasteiger partial charge >= 0.3 is 11.9 Å². The van der Waals surface area contributed by atoms with Crippen molar-refractivity contribution in [1.82, 2.24) is 4.90 Å². The number of hydrogen-bond acceptors (Lipinski definition) is 6. The highest BCUT2D eigenvalue weighted by Crippen LogP contribution is 2.35. The molecule has 0 radical (unpaired) electrons. The number of fused-ring (bicyclic) bond motifs is 1. The molecule has 0 saturated carbocycles. The Labute approximate surface area is 122 Å². The van der Waals surface area contributed by atoms with Gasteiger partial charge in [0, 0.05) is 6.92 Å². The van der Waals surface area contributed by atoms with Gasteiger partial charge in [0.15, 0.2) is 6.23 Å². The summed E-state index contributed by atoms with van der Waals surface area (Å²) in [4.78, 5) is 36.3. The van der Waals surface area contributed by atoms with Gasteiger partial charge < -0.3 is 14.2 Å². The van der Waals surface area contributed by atoms with Crippen molar-refractivity contribution < 1.29 is 28.6 Å². The van der Waals surface area contributed by atoms with Gasteiger partial charge in [-0.2, -0.15) is 0 Å². The number of carbonyl (C=O) groups is 3. The summed E-state index contributed by atoms with van der Waals surface area (Å²) in [6, 6.07) is 0. The summed E-state index contributed by atoms with van der Waals surface area (Å²) in [5, 5.41) is 0. The first-order valence-electron chi connectivity index (χ1n) is 6.72. The van der Waals surface area contributed by atoms with Crippen LogP contribution in [0.25, 0.3) is 0 Å². The minimum Gasteiger partial charge on any atom is -0.465 e. The van der Waals surface area contributed by atoms with E-state index in [1.807, 2.05) is 0 Å². The molecule has 2 aliphatic heterocycles. The average Bonchev–Trinajstić information content (AvgIpc) is 2.35. The zero-order chi connectivity index (χ0) is 15.8. The number of β-lactam (4-membered cyclic amide) rings is 1. The summed E-state index contributed by atoms with van der Waals surface area (Å²) in [6.45, 7) is 6.70. The number of amides is 1. The van der Waals surface area contributed by atoms with Crippen LogP contribution in [0.1, 0.15) is 27.7 Å². The standard InChI is InChI=1S/C14H19NO6/c1-8(16)20-7-9-11(17)15-10(5-6-19-12(9)15)13(18)21-14(2,3)4/h5,9,12H,6-7H2,1-4H3/t9-,12-/m1/s1. The molecule has 2 heterocycles. The first-order chi connectivity index (χ1) is 9.70. The molecule has 0 bridgehead atoms. The van der Waals surface area contributed by atoms with Gasteiger partial charge in [-0.1, -0.05) is 0 Å². The van der Waals surface area contributed by atoms with Crippen LogP contribution in [0.2, 0.25) is 0 Å². The van der Waals surface area contributed by atoms with E-state index in [1.54, 1.807) is 20.8 Å². The SMILES string of the molecule is CC(=O)OC[C@@H]1C(=O)N2C(C(=O)OC(C)(C)C)=CCO[C@H]12. The number of carbonyl (C=O) groups excluding carboxylic acids is 3. The van der Waals surface area contributed by atoms with Crippen LogP contribution < -0.4 is 0 Å². The maximum absolute atomic E-state index is 12.1. The lowest BCUT2D eigenvalue weighted by Gasteiger charge is -2.48. The molecular formula is C14H19NO6. The third kappa shape index (κ3) is 3.24. The Hall–Kier alpha value is -1.89. The molecule has 2 aliphatic rings. The van der Waals surface area contributed by atoms with Crippen LogP contribution in [-0.4, -0.2) is 47.8 Å². The predicted octanol–water partition coefficient (Wildman–Crippen LogP) is 0.590. The zero-order valence-electron chi connectivity index (χ0n) is 12.5. The first kappa shape index (κ1) is 15.5. The Kier molecular flexibility index (Phi) is 4.04. The molecule has 7 nitrogen and oxygen atoms in total. The topological polar surface area (TPSA) is 82.1 Å². The monoisotopic (exact) mass is 297 g/mol. The van der Waals surface area contributed by atoms with Crippen LogP contribution in [0.5, 0.6) is 0 Å². The Morgan fingerprint density at radius 3 is 2.67 bits per heavy atom. The van der Waals surface area contributed by atoms with E-state index in [4.69, 9.17) is 14.2 Å². The van der Waals surface area contributed by atoms with Gasteiger partial charge in [-0.3, -0.25) is 14.5 Å². The van der Waals surface area contributed by atoms with Gasteiger partial charge in [0.05, 0.1) is 6.61 Å². The molecule has 1 amide bonds. The van der Waals surface area contributed by atoms with Crippen LogP contribution in [-0.2, 0) is 28.6 Å². The lowest BCUT2D eigenvalue weighted by atomic mass is 9.94. The fourth-order valence-electron chi connectivity index (χ4n) is 2.17. The lowest BCUT2D eigenvalue weighted by molar-refractivity contribution is -0.200. The summed E-state index contributed by atoms with van der Waals surface area (Å²) in [6.07, 6.45) is 0.939. The number of rotatable bonds is 3. The second-order valence-corrected chi connectivity index (χ2v) is 5.93. The van der Waals surface area contributed by atoms with Gasteiger partial charge in [0.25, 0.3) is 0 Å². The van der Waals surface area contributed by atoms with E-state index in [0.29, 0.717) is 0 Å². The molecule has 21 heavy (non-hydrogen) atoms. The van der Waals surface area contributed by atoms with Crippen LogP contribution in [0.15, 0.2) is 11.8 Å². The van der Waals surface area contributed by atoms with Gasteiger partial charge in [-0.05, 0) is 26.8 Å². The van der Waals surface area contributed by atoms with Crippen molar-refractivity contribution in [2.45, 2.75) is 39.5 Å². The van der Waals surface area contributed by atoms with E-state index in [0.717, 1.165) is 0 Å². The molecule has 0 N–H and O–H groups in total. The molecule has 0 aromatic heterocycles. The Balaban J connectivity index is 2.05. The van der Waals surface area contributed by atoms with E-state index < -0.39 is 29.7 Å². The minimum absolute atomic E-state index is 0.0447. The molecular weight excluding hydrogens is 278 g/mol. The van der Waals surface area contributed by atoms with Gasteiger partial charge in [-0.15, -0.1) is 0 Å². The molecule has 7 heteroatoms. The smallest absolute Gasteiger partial charge is 0.355 e. The van der Waals surface area contributed by atoms with E-state index in [1.165, 1.54) is 17.9 Å². The maximum atomic E-state index is 12.1. The Bertz CT molecular complexity index is 504. The molecule has 0 aliphatic carbocycles. The largest absolute Gasteiger partial charge is 0.465 e. The molecule has 0 aromatic rings. The first-order valence-corrected chi connectivity index (χ1v) is 6.72. The van der Waals surface area contributed by atoms with Crippen LogP contribution in [0.3, 0.4) is 0 Å². The number of nitrogens with zero attached hydrogens (tertiary/aromatic N) is 1. The van der Waals surface area contributed by atoms with Crippen LogP contribution >= 0.6 is 0 Å². The van der Waals surface area contributed by atoms with Crippen molar-refractivity contribution in [3.63, 3.8) is 0 Å². The average molecular weight is 297 g/mol. The second-order valence-electron chi connectivity index (χ2n) is 5.93. The predicted molar refractivity (Wildman–Crippen MR) is 70.6 cm³/mol. The van der Waals surface area contributed by atoms with Crippen molar-refractivity contribution in [2.75, 3.05) is 13.2 Å². The fraction of sp³-hybridized carbons (Fsp3) is 0.643.